The van der Waals surface area contributed by atoms with Crippen molar-refractivity contribution in [2.24, 2.45) is 11.1 Å². The first-order valence-corrected chi connectivity index (χ1v) is 8.60. The lowest BCUT2D eigenvalue weighted by Gasteiger charge is -2.37. The van der Waals surface area contributed by atoms with Gasteiger partial charge in [-0.3, -0.25) is 0 Å². The molecule has 2 saturated heterocycles. The van der Waals surface area contributed by atoms with Crippen LogP contribution in [0.1, 0.15) is 44.1 Å². The van der Waals surface area contributed by atoms with Crippen LogP contribution >= 0.6 is 23.2 Å². The number of halogens is 2. The molecule has 0 aromatic heterocycles. The van der Waals surface area contributed by atoms with Gasteiger partial charge in [0.15, 0.2) is 0 Å². The fourth-order valence-electron chi connectivity index (χ4n) is 3.87. The highest BCUT2D eigenvalue weighted by molar-refractivity contribution is 6.42. The van der Waals surface area contributed by atoms with E-state index in [4.69, 9.17) is 32.8 Å². The second-order valence-electron chi connectivity index (χ2n) is 6.03. The lowest BCUT2D eigenvalue weighted by molar-refractivity contribution is -0.0249. The van der Waals surface area contributed by atoms with Crippen molar-refractivity contribution in [1.29, 1.82) is 0 Å². The molecular formula is C17H21Cl2NO2. The SMILES string of the molecule is CCC(=NOC)[C@@H]1[C@H]2CCC(C[C@H]1c1ccc(Cl)c(Cl)c1)O2. The summed E-state index contributed by atoms with van der Waals surface area (Å²) in [4.78, 5) is 5.07. The van der Waals surface area contributed by atoms with E-state index in [0.717, 1.165) is 31.4 Å². The van der Waals surface area contributed by atoms with Crippen molar-refractivity contribution in [3.05, 3.63) is 33.8 Å². The number of fused-ring (bicyclic) bond motifs is 2. The van der Waals surface area contributed by atoms with Crippen molar-refractivity contribution in [2.75, 3.05) is 7.11 Å². The highest BCUT2D eigenvalue weighted by Gasteiger charge is 2.45. The first-order chi connectivity index (χ1) is 10.6. The van der Waals surface area contributed by atoms with Gasteiger partial charge in [-0.1, -0.05) is 41.3 Å². The number of benzene rings is 1. The van der Waals surface area contributed by atoms with E-state index in [1.807, 2.05) is 12.1 Å². The fourth-order valence-corrected chi connectivity index (χ4v) is 4.18. The molecule has 2 fully saturated rings. The van der Waals surface area contributed by atoms with E-state index in [9.17, 15) is 0 Å². The van der Waals surface area contributed by atoms with Gasteiger partial charge in [-0.25, -0.2) is 0 Å². The predicted molar refractivity (Wildman–Crippen MR) is 89.9 cm³/mol. The van der Waals surface area contributed by atoms with Crippen molar-refractivity contribution >= 4 is 28.9 Å². The molecule has 3 rings (SSSR count). The number of ether oxygens (including phenoxy) is 1. The van der Waals surface area contributed by atoms with Gasteiger partial charge in [0.1, 0.15) is 7.11 Å². The summed E-state index contributed by atoms with van der Waals surface area (Å²) in [6.45, 7) is 2.12. The molecular weight excluding hydrogens is 321 g/mol. The third-order valence-electron chi connectivity index (χ3n) is 4.82. The second kappa shape index (κ2) is 6.77. The summed E-state index contributed by atoms with van der Waals surface area (Å²) in [5, 5.41) is 5.48. The first-order valence-electron chi connectivity index (χ1n) is 7.84. The van der Waals surface area contributed by atoms with Crippen molar-refractivity contribution in [2.45, 2.75) is 50.7 Å². The molecule has 2 aliphatic heterocycles. The van der Waals surface area contributed by atoms with Crippen LogP contribution in [0.4, 0.5) is 0 Å². The van der Waals surface area contributed by atoms with E-state index in [-0.39, 0.29) is 12.0 Å². The van der Waals surface area contributed by atoms with Gasteiger partial charge in [-0.15, -0.1) is 0 Å². The lowest BCUT2D eigenvalue weighted by atomic mass is 9.76. The van der Waals surface area contributed by atoms with Gasteiger partial charge >= 0.3 is 0 Å². The Balaban J connectivity index is 1.98. The molecule has 1 aromatic rings. The molecule has 3 nitrogen and oxygen atoms in total. The lowest BCUT2D eigenvalue weighted by Crippen LogP contribution is -2.39. The predicted octanol–water partition coefficient (Wildman–Crippen LogP) is 5.06. The van der Waals surface area contributed by atoms with Gasteiger partial charge in [0.05, 0.1) is 28.0 Å². The van der Waals surface area contributed by atoms with E-state index in [0.29, 0.717) is 22.1 Å². The molecule has 0 N–H and O–H groups in total. The summed E-state index contributed by atoms with van der Waals surface area (Å²) >= 11 is 12.3. The maximum absolute atomic E-state index is 6.23. The maximum atomic E-state index is 6.23. The van der Waals surface area contributed by atoms with Crippen LogP contribution in [0.2, 0.25) is 10.0 Å². The molecule has 0 amide bonds. The van der Waals surface area contributed by atoms with Crippen LogP contribution in [0.5, 0.6) is 0 Å². The number of hydrogen-bond donors (Lipinski definition) is 0. The Morgan fingerprint density at radius 3 is 2.82 bits per heavy atom. The molecule has 5 heteroatoms. The van der Waals surface area contributed by atoms with E-state index in [2.05, 4.69) is 18.1 Å². The zero-order valence-electron chi connectivity index (χ0n) is 12.9. The van der Waals surface area contributed by atoms with E-state index in [1.54, 1.807) is 7.11 Å². The van der Waals surface area contributed by atoms with Crippen LogP contribution in [-0.4, -0.2) is 25.0 Å². The number of hydrogen-bond acceptors (Lipinski definition) is 3. The van der Waals surface area contributed by atoms with Crippen LogP contribution in [-0.2, 0) is 9.57 Å². The highest BCUT2D eigenvalue weighted by atomic mass is 35.5. The molecule has 2 aliphatic rings. The summed E-state index contributed by atoms with van der Waals surface area (Å²) in [5.74, 6) is 0.607. The molecule has 2 bridgehead atoms. The zero-order chi connectivity index (χ0) is 15.7. The molecule has 0 spiro atoms. The van der Waals surface area contributed by atoms with Crippen molar-refractivity contribution in [3.63, 3.8) is 0 Å². The molecule has 1 unspecified atom stereocenters. The monoisotopic (exact) mass is 341 g/mol. The average molecular weight is 342 g/mol. The zero-order valence-corrected chi connectivity index (χ0v) is 14.4. The summed E-state index contributed by atoms with van der Waals surface area (Å²) in [6.07, 6.45) is 4.66. The van der Waals surface area contributed by atoms with E-state index < -0.39 is 0 Å². The minimum absolute atomic E-state index is 0.229. The second-order valence-corrected chi connectivity index (χ2v) is 6.85. The molecule has 0 radical (unpaired) electrons. The molecule has 1 aromatic carbocycles. The van der Waals surface area contributed by atoms with Crippen molar-refractivity contribution in [3.8, 4) is 0 Å². The third-order valence-corrected chi connectivity index (χ3v) is 5.56. The van der Waals surface area contributed by atoms with Gasteiger partial charge < -0.3 is 9.57 Å². The summed E-state index contributed by atoms with van der Waals surface area (Å²) in [5.41, 5.74) is 2.29. The van der Waals surface area contributed by atoms with Gasteiger partial charge in [0, 0.05) is 5.92 Å². The minimum Gasteiger partial charge on any atom is -0.399 e. The third kappa shape index (κ3) is 2.99. The molecule has 4 atom stereocenters. The Hall–Kier alpha value is -0.770. The standard InChI is InChI=1S/C17H21Cl2NO2/c1-3-15(20-21-2)17-12(9-11-5-7-16(17)22-11)10-4-6-13(18)14(19)8-10/h4,6,8,11-12,16-17H,3,5,7,9H2,1-2H3/t11?,12-,16+,17+/m0/s1. The first kappa shape index (κ1) is 16.1. The molecule has 0 aliphatic carbocycles. The quantitative estimate of drug-likeness (QED) is 0.566. The van der Waals surface area contributed by atoms with Crippen molar-refractivity contribution < 1.29 is 9.57 Å². The van der Waals surface area contributed by atoms with Crippen LogP contribution in [0.15, 0.2) is 23.4 Å². The van der Waals surface area contributed by atoms with Gasteiger partial charge in [0.2, 0.25) is 0 Å². The van der Waals surface area contributed by atoms with E-state index >= 15 is 0 Å². The minimum atomic E-state index is 0.229. The van der Waals surface area contributed by atoms with Gasteiger partial charge in [-0.2, -0.15) is 0 Å². The van der Waals surface area contributed by atoms with E-state index in [1.165, 1.54) is 5.56 Å². The largest absolute Gasteiger partial charge is 0.399 e. The Morgan fingerprint density at radius 2 is 2.14 bits per heavy atom. The Kier molecular flexibility index (Phi) is 4.96. The molecule has 2 heterocycles. The topological polar surface area (TPSA) is 30.8 Å². The smallest absolute Gasteiger partial charge is 0.106 e. The number of rotatable bonds is 4. The summed E-state index contributed by atoms with van der Waals surface area (Å²) in [6, 6.07) is 5.95. The Labute approximate surface area is 141 Å². The summed E-state index contributed by atoms with van der Waals surface area (Å²) in [7, 11) is 1.60. The van der Waals surface area contributed by atoms with Crippen LogP contribution in [0.3, 0.4) is 0 Å². The fraction of sp³-hybridized carbons (Fsp3) is 0.588. The molecule has 120 valence electrons. The Morgan fingerprint density at radius 1 is 1.32 bits per heavy atom. The summed E-state index contributed by atoms with van der Waals surface area (Å²) < 4.78 is 6.15. The highest BCUT2D eigenvalue weighted by Crippen LogP contribution is 2.47. The maximum Gasteiger partial charge on any atom is 0.106 e. The average Bonchev–Trinajstić information content (AvgIpc) is 2.90. The van der Waals surface area contributed by atoms with Gasteiger partial charge in [0.25, 0.3) is 0 Å². The number of oxime groups is 1. The van der Waals surface area contributed by atoms with Crippen LogP contribution in [0.25, 0.3) is 0 Å². The normalized spacial score (nSPS) is 31.4. The molecule has 22 heavy (non-hydrogen) atoms. The number of nitrogens with zero attached hydrogens (tertiary/aromatic N) is 1. The Bertz CT molecular complexity index is 576. The van der Waals surface area contributed by atoms with Gasteiger partial charge in [-0.05, 0) is 49.3 Å². The van der Waals surface area contributed by atoms with Crippen LogP contribution < -0.4 is 0 Å². The molecule has 0 saturated carbocycles. The van der Waals surface area contributed by atoms with Crippen LogP contribution in [0, 0.1) is 5.92 Å². The van der Waals surface area contributed by atoms with Crippen molar-refractivity contribution in [1.82, 2.24) is 0 Å².